The Morgan fingerprint density at radius 1 is 0.339 bits per heavy atom. The van der Waals surface area contributed by atoms with Crippen molar-refractivity contribution in [3.05, 3.63) is 200 Å². The lowest BCUT2D eigenvalue weighted by molar-refractivity contribution is 0.669. The number of benzene rings is 9. The van der Waals surface area contributed by atoms with Gasteiger partial charge in [-0.15, -0.1) is 0 Å². The molecular weight excluding hydrogens is 683 g/mol. The smallest absolute Gasteiger partial charge is 0.137 e. The first-order chi connectivity index (χ1) is 27.8. The number of anilines is 3. The highest BCUT2D eigenvalue weighted by Gasteiger charge is 2.22. The Morgan fingerprint density at radius 3 is 1.75 bits per heavy atom. The van der Waals surface area contributed by atoms with Gasteiger partial charge in [-0.3, -0.25) is 0 Å². The number of hydrogen-bond acceptors (Lipinski definition) is 2. The summed E-state index contributed by atoms with van der Waals surface area (Å²) in [6.07, 6.45) is 0. The normalized spacial score (nSPS) is 11.9. The molecule has 0 amide bonds. The minimum absolute atomic E-state index is 0.863. The van der Waals surface area contributed by atoms with Crippen LogP contribution in [0.25, 0.3) is 87.7 Å². The van der Waals surface area contributed by atoms with E-state index in [0.717, 1.165) is 55.9 Å². The molecule has 4 nitrogen and oxygen atoms in total. The summed E-state index contributed by atoms with van der Waals surface area (Å²) in [6, 6.07) is 72.0. The number of furan rings is 1. The zero-order valence-corrected chi connectivity index (χ0v) is 30.3. The van der Waals surface area contributed by atoms with Crippen LogP contribution in [0, 0.1) is 0 Å². The second-order valence-corrected chi connectivity index (χ2v) is 14.6. The van der Waals surface area contributed by atoms with Gasteiger partial charge in [0, 0.05) is 61.1 Å². The highest BCUT2D eigenvalue weighted by atomic mass is 16.3. The van der Waals surface area contributed by atoms with Crippen LogP contribution in [0.1, 0.15) is 0 Å². The van der Waals surface area contributed by atoms with Crippen molar-refractivity contribution in [3.63, 3.8) is 0 Å². The molecule has 56 heavy (non-hydrogen) atoms. The Hall–Kier alpha value is -7.56. The van der Waals surface area contributed by atoms with E-state index < -0.39 is 0 Å². The van der Waals surface area contributed by atoms with Crippen LogP contribution in [0.4, 0.5) is 17.1 Å². The second-order valence-electron chi connectivity index (χ2n) is 14.6. The van der Waals surface area contributed by atoms with Gasteiger partial charge in [0.25, 0.3) is 0 Å². The Labute approximate surface area is 322 Å². The molecule has 0 N–H and O–H groups in total. The summed E-state index contributed by atoms with van der Waals surface area (Å²) in [7, 11) is 0. The van der Waals surface area contributed by atoms with Crippen LogP contribution in [0.3, 0.4) is 0 Å². The van der Waals surface area contributed by atoms with Gasteiger partial charge in [-0.05, 0) is 102 Å². The minimum Gasteiger partial charge on any atom is -0.456 e. The van der Waals surface area contributed by atoms with Gasteiger partial charge in [-0.25, -0.2) is 0 Å². The maximum Gasteiger partial charge on any atom is 0.137 e. The first-order valence-electron chi connectivity index (χ1n) is 19.1. The Kier molecular flexibility index (Phi) is 6.60. The van der Waals surface area contributed by atoms with Crippen molar-refractivity contribution in [2.24, 2.45) is 0 Å². The third-order valence-electron chi connectivity index (χ3n) is 11.5. The zero-order valence-electron chi connectivity index (χ0n) is 30.3. The number of aromatic nitrogens is 2. The molecule has 12 rings (SSSR count). The lowest BCUT2D eigenvalue weighted by Gasteiger charge is -2.27. The van der Waals surface area contributed by atoms with E-state index in [4.69, 9.17) is 4.42 Å². The molecule has 0 unspecified atom stereocenters. The fraction of sp³-hybridized carbons (Fsp3) is 0. The summed E-state index contributed by atoms with van der Waals surface area (Å²) in [4.78, 5) is 2.39. The summed E-state index contributed by atoms with van der Waals surface area (Å²) in [6.45, 7) is 0. The van der Waals surface area contributed by atoms with Crippen molar-refractivity contribution in [1.29, 1.82) is 0 Å². The van der Waals surface area contributed by atoms with Crippen LogP contribution in [-0.2, 0) is 0 Å². The van der Waals surface area contributed by atoms with E-state index >= 15 is 0 Å². The largest absolute Gasteiger partial charge is 0.456 e. The molecule has 0 saturated heterocycles. The van der Waals surface area contributed by atoms with Crippen molar-refractivity contribution in [1.82, 2.24) is 9.13 Å². The third-order valence-corrected chi connectivity index (χ3v) is 11.5. The second kappa shape index (κ2) is 12.0. The lowest BCUT2D eigenvalue weighted by atomic mass is 10.1. The molecule has 262 valence electrons. The van der Waals surface area contributed by atoms with E-state index in [1.165, 1.54) is 48.9 Å². The van der Waals surface area contributed by atoms with E-state index in [1.54, 1.807) is 0 Å². The molecule has 3 heterocycles. The Morgan fingerprint density at radius 2 is 0.929 bits per heavy atom. The van der Waals surface area contributed by atoms with E-state index in [1.807, 2.05) is 12.1 Å². The Balaban J connectivity index is 1.10. The van der Waals surface area contributed by atoms with Gasteiger partial charge in [-0.1, -0.05) is 103 Å². The minimum atomic E-state index is 0.863. The maximum atomic E-state index is 6.48. The summed E-state index contributed by atoms with van der Waals surface area (Å²) >= 11 is 0. The fourth-order valence-electron chi connectivity index (χ4n) is 9.01. The van der Waals surface area contributed by atoms with Crippen LogP contribution in [0.5, 0.6) is 0 Å². The number of nitrogens with zero attached hydrogens (tertiary/aromatic N) is 3. The molecule has 3 aromatic heterocycles. The van der Waals surface area contributed by atoms with Crippen molar-refractivity contribution >= 4 is 93.4 Å². The molecule has 0 aliphatic carbocycles. The summed E-state index contributed by atoms with van der Waals surface area (Å²) in [5.74, 6) is 0. The van der Waals surface area contributed by atoms with Gasteiger partial charge in [-0.2, -0.15) is 0 Å². The highest BCUT2D eigenvalue weighted by molar-refractivity contribution is 6.17. The number of para-hydroxylation sites is 4. The van der Waals surface area contributed by atoms with Gasteiger partial charge in [0.15, 0.2) is 0 Å². The monoisotopic (exact) mass is 715 g/mol. The van der Waals surface area contributed by atoms with Crippen LogP contribution in [0.15, 0.2) is 205 Å². The summed E-state index contributed by atoms with van der Waals surface area (Å²) < 4.78 is 11.3. The quantitative estimate of drug-likeness (QED) is 0.177. The zero-order chi connectivity index (χ0) is 36.7. The summed E-state index contributed by atoms with van der Waals surface area (Å²) in [5.41, 5.74) is 11.9. The SMILES string of the molecule is c1ccc(-n2c3ccccc3c3c(N(c4ccc(-n5c6ccccc6c6cc7ccccc7cc65)cc4)c4ccc5c(c4)oc4ccccc45)cccc32)cc1. The summed E-state index contributed by atoms with van der Waals surface area (Å²) in [5, 5.41) is 9.61. The van der Waals surface area contributed by atoms with Crippen LogP contribution in [0.2, 0.25) is 0 Å². The molecule has 4 heteroatoms. The molecule has 0 atom stereocenters. The molecule has 12 aromatic rings. The van der Waals surface area contributed by atoms with Gasteiger partial charge < -0.3 is 18.5 Å². The number of rotatable bonds is 5. The lowest BCUT2D eigenvalue weighted by Crippen LogP contribution is -2.10. The molecule has 0 bridgehead atoms. The van der Waals surface area contributed by atoms with Gasteiger partial charge in [0.2, 0.25) is 0 Å². The van der Waals surface area contributed by atoms with E-state index in [2.05, 4.69) is 202 Å². The van der Waals surface area contributed by atoms with Gasteiger partial charge in [0.05, 0.1) is 27.8 Å². The molecule has 0 aliphatic heterocycles. The Bertz CT molecular complexity index is 3480. The van der Waals surface area contributed by atoms with Crippen molar-refractivity contribution < 1.29 is 4.42 Å². The third kappa shape index (κ3) is 4.53. The predicted molar refractivity (Wildman–Crippen MR) is 235 cm³/mol. The predicted octanol–water partition coefficient (Wildman–Crippen LogP) is 14.4. The molecule has 9 aromatic carbocycles. The number of fused-ring (bicyclic) bond motifs is 10. The fourth-order valence-corrected chi connectivity index (χ4v) is 9.01. The number of hydrogen-bond donors (Lipinski definition) is 0. The maximum absolute atomic E-state index is 6.48. The van der Waals surface area contributed by atoms with Gasteiger partial charge in [0.1, 0.15) is 11.2 Å². The molecular formula is C52H33N3O. The first kappa shape index (κ1) is 30.9. The average Bonchev–Trinajstić information content (AvgIpc) is 3.91. The first-order valence-corrected chi connectivity index (χ1v) is 19.1. The molecule has 0 fully saturated rings. The van der Waals surface area contributed by atoms with Crippen LogP contribution in [-0.4, -0.2) is 9.13 Å². The molecule has 0 saturated carbocycles. The van der Waals surface area contributed by atoms with Crippen LogP contribution < -0.4 is 4.90 Å². The van der Waals surface area contributed by atoms with Crippen molar-refractivity contribution in [2.45, 2.75) is 0 Å². The molecule has 0 spiro atoms. The van der Waals surface area contributed by atoms with Crippen molar-refractivity contribution in [2.75, 3.05) is 4.90 Å². The molecule has 0 radical (unpaired) electrons. The van der Waals surface area contributed by atoms with Crippen molar-refractivity contribution in [3.8, 4) is 11.4 Å². The van der Waals surface area contributed by atoms with E-state index in [-0.39, 0.29) is 0 Å². The standard InChI is InChI=1S/C52H33N3O/c1-2-15-36(16-3-1)54-46-21-10-7-19-43(46)52-47(22-12-23-48(52)54)53(39-29-30-42-41-18-8-11-24-50(41)56-51(42)33-39)37-25-27-38(28-26-37)55-45-20-9-6-17-40(45)44-31-34-13-4-5-14-35(34)32-49(44)55/h1-33H. The highest BCUT2D eigenvalue weighted by Crippen LogP contribution is 2.45. The topological polar surface area (TPSA) is 26.2 Å². The average molecular weight is 716 g/mol. The molecule has 0 aliphatic rings. The van der Waals surface area contributed by atoms with Gasteiger partial charge >= 0.3 is 0 Å². The van der Waals surface area contributed by atoms with E-state index in [9.17, 15) is 0 Å². The van der Waals surface area contributed by atoms with Crippen LogP contribution >= 0.6 is 0 Å². The van der Waals surface area contributed by atoms with E-state index in [0.29, 0.717) is 0 Å².